The molecule has 1 aromatic rings. The number of rotatable bonds is 4. The molecule has 1 nitrogen and oxygen atoms in total. The second-order valence-corrected chi connectivity index (χ2v) is 4.31. The first kappa shape index (κ1) is 14.2. The molecule has 0 atom stereocenters. The van der Waals surface area contributed by atoms with E-state index in [1.54, 1.807) is 0 Å². The third-order valence-electron chi connectivity index (χ3n) is 1.95. The van der Waals surface area contributed by atoms with Crippen molar-refractivity contribution < 1.29 is 22.0 Å². The third-order valence-corrected chi connectivity index (χ3v) is 2.40. The van der Waals surface area contributed by atoms with Crippen LogP contribution in [0.5, 0.6) is 0 Å². The lowest BCUT2D eigenvalue weighted by Gasteiger charge is -2.10. The molecule has 0 unspecified atom stereocenters. The van der Waals surface area contributed by atoms with Gasteiger partial charge in [0, 0.05) is 17.4 Å². The number of hydrogen-bond donors (Lipinski definition) is 1. The summed E-state index contributed by atoms with van der Waals surface area (Å²) in [5.74, 6) is -1.69. The molecule has 0 heterocycles. The smallest absolute Gasteiger partial charge is 0.380 e. The first-order chi connectivity index (χ1) is 7.79. The predicted molar refractivity (Wildman–Crippen MR) is 57.8 cm³/mol. The summed E-state index contributed by atoms with van der Waals surface area (Å²) in [4.78, 5) is 0. The highest BCUT2D eigenvalue weighted by molar-refractivity contribution is 9.10. The molecule has 0 spiro atoms. The molecule has 1 N–H and O–H groups in total. The summed E-state index contributed by atoms with van der Waals surface area (Å²) in [6.07, 6.45) is -5.48. The molecule has 7 heteroatoms. The van der Waals surface area contributed by atoms with E-state index in [1.165, 1.54) is 0 Å². The van der Waals surface area contributed by atoms with E-state index in [0.717, 1.165) is 12.1 Å². The third kappa shape index (κ3) is 4.89. The van der Waals surface area contributed by atoms with Gasteiger partial charge in [0.05, 0.1) is 0 Å². The number of benzene rings is 1. The fourth-order valence-corrected chi connectivity index (χ4v) is 1.62. The van der Waals surface area contributed by atoms with Gasteiger partial charge >= 0.3 is 6.18 Å². The lowest BCUT2D eigenvalue weighted by molar-refractivity contribution is -0.134. The average molecular weight is 318 g/mol. The monoisotopic (exact) mass is 317 g/mol. The van der Waals surface area contributed by atoms with Crippen molar-refractivity contribution in [2.75, 3.05) is 11.9 Å². The molecule has 0 aliphatic rings. The second-order valence-electron chi connectivity index (χ2n) is 3.39. The Kier molecular flexibility index (Phi) is 4.73. The maximum atomic E-state index is 13.2. The predicted octanol–water partition coefficient (Wildman–Crippen LogP) is 4.48. The van der Waals surface area contributed by atoms with Crippen LogP contribution < -0.4 is 5.32 Å². The minimum atomic E-state index is -4.25. The molecule has 1 rings (SSSR count). The zero-order valence-corrected chi connectivity index (χ0v) is 10.1. The van der Waals surface area contributed by atoms with Gasteiger partial charge in [0.1, 0.15) is 17.3 Å². The van der Waals surface area contributed by atoms with Gasteiger partial charge in [-0.3, -0.25) is 0 Å². The van der Waals surface area contributed by atoms with Crippen LogP contribution >= 0.6 is 15.9 Å². The highest BCUT2D eigenvalue weighted by Gasteiger charge is 2.26. The van der Waals surface area contributed by atoms with Gasteiger partial charge in [0.2, 0.25) is 0 Å². The van der Waals surface area contributed by atoms with E-state index in [1.807, 2.05) is 0 Å². The standard InChI is InChI=1S/C10H9BrF5N/c11-6-4-7(12)9(8(13)5-6)17-3-1-2-10(14,15)16/h4-5,17H,1-3H2. The largest absolute Gasteiger partial charge is 0.389 e. The molecule has 0 saturated heterocycles. The minimum Gasteiger partial charge on any atom is -0.380 e. The van der Waals surface area contributed by atoms with Crippen LogP contribution in [0.25, 0.3) is 0 Å². The van der Waals surface area contributed by atoms with Crippen molar-refractivity contribution in [1.29, 1.82) is 0 Å². The van der Waals surface area contributed by atoms with Crippen LogP contribution in [0, 0.1) is 11.6 Å². The lowest BCUT2D eigenvalue weighted by Crippen LogP contribution is -2.12. The normalized spacial score (nSPS) is 11.6. The van der Waals surface area contributed by atoms with Crippen LogP contribution in [0.1, 0.15) is 12.8 Å². The summed E-state index contributed by atoms with van der Waals surface area (Å²) in [7, 11) is 0. The Labute approximate surface area is 103 Å². The van der Waals surface area contributed by atoms with Crippen molar-refractivity contribution in [3.05, 3.63) is 28.2 Å². The van der Waals surface area contributed by atoms with Crippen LogP contribution in [0.3, 0.4) is 0 Å². The van der Waals surface area contributed by atoms with Gasteiger partial charge in [-0.05, 0) is 18.6 Å². The van der Waals surface area contributed by atoms with Crippen LogP contribution in [0.4, 0.5) is 27.6 Å². The topological polar surface area (TPSA) is 12.0 Å². The Balaban J connectivity index is 2.53. The van der Waals surface area contributed by atoms with Crippen molar-refractivity contribution in [3.63, 3.8) is 0 Å². The highest BCUT2D eigenvalue weighted by atomic mass is 79.9. The lowest BCUT2D eigenvalue weighted by atomic mass is 10.2. The summed E-state index contributed by atoms with van der Waals surface area (Å²) in [5.41, 5.74) is -0.407. The van der Waals surface area contributed by atoms with E-state index in [4.69, 9.17) is 0 Å². The van der Waals surface area contributed by atoms with Crippen molar-refractivity contribution >= 4 is 21.6 Å². The van der Waals surface area contributed by atoms with E-state index in [-0.39, 0.29) is 17.4 Å². The maximum absolute atomic E-state index is 13.2. The number of halogens is 6. The summed E-state index contributed by atoms with van der Waals surface area (Å²) >= 11 is 2.90. The summed E-state index contributed by atoms with van der Waals surface area (Å²) in [6.45, 7) is -0.144. The van der Waals surface area contributed by atoms with E-state index in [2.05, 4.69) is 21.2 Å². The molecule has 0 saturated carbocycles. The summed E-state index contributed by atoms with van der Waals surface area (Å²) in [5, 5.41) is 2.31. The number of alkyl halides is 3. The molecule has 0 amide bonds. The Hall–Kier alpha value is -0.850. The fourth-order valence-electron chi connectivity index (χ4n) is 1.21. The maximum Gasteiger partial charge on any atom is 0.389 e. The fraction of sp³-hybridized carbons (Fsp3) is 0.400. The second kappa shape index (κ2) is 5.66. The Bertz CT molecular complexity index is 368. The molecule has 0 aromatic heterocycles. The molecule has 17 heavy (non-hydrogen) atoms. The number of hydrogen-bond acceptors (Lipinski definition) is 1. The van der Waals surface area contributed by atoms with Gasteiger partial charge in [-0.2, -0.15) is 13.2 Å². The van der Waals surface area contributed by atoms with Gasteiger partial charge in [-0.15, -0.1) is 0 Å². The van der Waals surface area contributed by atoms with E-state index < -0.39 is 29.9 Å². The molecular formula is C10H9BrF5N. The average Bonchev–Trinajstić information content (AvgIpc) is 2.13. The minimum absolute atomic E-state index is 0.144. The van der Waals surface area contributed by atoms with Crippen LogP contribution in [0.2, 0.25) is 0 Å². The molecule has 0 radical (unpaired) electrons. The van der Waals surface area contributed by atoms with E-state index in [0.29, 0.717) is 0 Å². The molecule has 0 aliphatic carbocycles. The molecular weight excluding hydrogens is 309 g/mol. The Morgan fingerprint density at radius 1 is 1.12 bits per heavy atom. The van der Waals surface area contributed by atoms with Crippen LogP contribution in [0.15, 0.2) is 16.6 Å². The van der Waals surface area contributed by atoms with Crippen molar-refractivity contribution in [3.8, 4) is 0 Å². The van der Waals surface area contributed by atoms with Crippen LogP contribution in [-0.4, -0.2) is 12.7 Å². The van der Waals surface area contributed by atoms with Gasteiger partial charge in [-0.1, -0.05) is 15.9 Å². The van der Waals surface area contributed by atoms with Gasteiger partial charge < -0.3 is 5.32 Å². The molecule has 1 aromatic carbocycles. The van der Waals surface area contributed by atoms with Gasteiger partial charge in [-0.25, -0.2) is 8.78 Å². The zero-order chi connectivity index (χ0) is 13.1. The van der Waals surface area contributed by atoms with Gasteiger partial charge in [0.25, 0.3) is 0 Å². The number of anilines is 1. The van der Waals surface area contributed by atoms with E-state index >= 15 is 0 Å². The summed E-state index contributed by atoms with van der Waals surface area (Å²) < 4.78 is 62.1. The first-order valence-corrected chi connectivity index (χ1v) is 5.54. The first-order valence-electron chi connectivity index (χ1n) is 4.75. The molecule has 0 fully saturated rings. The molecule has 96 valence electrons. The quantitative estimate of drug-likeness (QED) is 0.637. The Morgan fingerprint density at radius 2 is 1.65 bits per heavy atom. The van der Waals surface area contributed by atoms with Gasteiger partial charge in [0.15, 0.2) is 0 Å². The Morgan fingerprint density at radius 3 is 2.12 bits per heavy atom. The van der Waals surface area contributed by atoms with E-state index in [9.17, 15) is 22.0 Å². The highest BCUT2D eigenvalue weighted by Crippen LogP contribution is 2.25. The van der Waals surface area contributed by atoms with Crippen molar-refractivity contribution in [1.82, 2.24) is 0 Å². The number of nitrogens with one attached hydrogen (secondary N) is 1. The SMILES string of the molecule is Fc1cc(Br)cc(F)c1NCCCC(F)(F)F. The zero-order valence-electron chi connectivity index (χ0n) is 8.54. The van der Waals surface area contributed by atoms with Crippen molar-refractivity contribution in [2.24, 2.45) is 0 Å². The van der Waals surface area contributed by atoms with Crippen LogP contribution in [-0.2, 0) is 0 Å². The van der Waals surface area contributed by atoms with Crippen molar-refractivity contribution in [2.45, 2.75) is 19.0 Å². The molecule has 0 bridgehead atoms. The summed E-state index contributed by atoms with van der Waals surface area (Å²) in [6, 6.07) is 2.07. The molecule has 0 aliphatic heterocycles.